The average Bonchev–Trinajstić information content (AvgIpc) is 2.32. The van der Waals surface area contributed by atoms with Gasteiger partial charge in [-0.05, 0) is 56.6 Å². The number of hydrogen-bond donors (Lipinski definition) is 2. The Morgan fingerprint density at radius 1 is 1.30 bits per heavy atom. The molecule has 1 heterocycles. The summed E-state index contributed by atoms with van der Waals surface area (Å²) >= 11 is 5.19. The molecular formula is C16H25N3S. The van der Waals surface area contributed by atoms with Crippen LogP contribution in [0.2, 0.25) is 0 Å². The zero-order valence-corrected chi connectivity index (χ0v) is 13.7. The van der Waals surface area contributed by atoms with Crippen molar-refractivity contribution in [1.29, 1.82) is 0 Å². The Hall–Kier alpha value is -1.16. The largest absolute Gasteiger partial charge is 0.389 e. The maximum atomic E-state index is 5.87. The third-order valence-corrected chi connectivity index (χ3v) is 4.73. The molecule has 1 fully saturated rings. The lowest BCUT2D eigenvalue weighted by atomic mass is 9.79. The van der Waals surface area contributed by atoms with E-state index in [4.69, 9.17) is 18.0 Å². The van der Waals surface area contributed by atoms with Crippen molar-refractivity contribution in [3.05, 3.63) is 22.9 Å². The summed E-state index contributed by atoms with van der Waals surface area (Å²) in [5.74, 6) is 2.43. The number of aryl methyl sites for hydroxylation is 2. The second-order valence-corrected chi connectivity index (χ2v) is 6.72. The Kier molecular flexibility index (Phi) is 4.63. The highest BCUT2D eigenvalue weighted by Gasteiger charge is 2.25. The van der Waals surface area contributed by atoms with Crippen LogP contribution < -0.4 is 11.1 Å². The smallest absolute Gasteiger partial charge is 0.136 e. The van der Waals surface area contributed by atoms with Gasteiger partial charge >= 0.3 is 0 Å². The van der Waals surface area contributed by atoms with E-state index in [9.17, 15) is 0 Å². The monoisotopic (exact) mass is 291 g/mol. The molecule has 0 radical (unpaired) electrons. The molecule has 0 spiro atoms. The van der Waals surface area contributed by atoms with E-state index >= 15 is 0 Å². The first kappa shape index (κ1) is 15.2. The molecule has 4 heteroatoms. The summed E-state index contributed by atoms with van der Waals surface area (Å²) in [7, 11) is 0. The van der Waals surface area contributed by atoms with Crippen molar-refractivity contribution < 1.29 is 0 Å². The van der Waals surface area contributed by atoms with Gasteiger partial charge in [-0.25, -0.2) is 4.98 Å². The van der Waals surface area contributed by atoms with Crippen LogP contribution in [0.15, 0.2) is 6.07 Å². The first-order valence-corrected chi connectivity index (χ1v) is 7.84. The summed E-state index contributed by atoms with van der Waals surface area (Å²) in [6, 6.07) is 2.51. The predicted octanol–water partition coefficient (Wildman–Crippen LogP) is 3.57. The zero-order chi connectivity index (χ0) is 14.9. The SMILES string of the molecule is Cc1cc(C)c(C(N)=S)c(NC2CCC(C)C(C)C2)n1. The molecule has 3 unspecified atom stereocenters. The number of anilines is 1. The van der Waals surface area contributed by atoms with E-state index in [0.29, 0.717) is 11.0 Å². The van der Waals surface area contributed by atoms with Crippen LogP contribution in [0.25, 0.3) is 0 Å². The number of hydrogen-bond acceptors (Lipinski definition) is 3. The quantitative estimate of drug-likeness (QED) is 0.836. The summed E-state index contributed by atoms with van der Waals surface area (Å²) < 4.78 is 0. The molecule has 0 aromatic carbocycles. The van der Waals surface area contributed by atoms with E-state index in [1.807, 2.05) is 19.9 Å². The minimum Gasteiger partial charge on any atom is -0.389 e. The van der Waals surface area contributed by atoms with Crippen LogP contribution >= 0.6 is 12.2 Å². The van der Waals surface area contributed by atoms with Gasteiger partial charge < -0.3 is 11.1 Å². The fourth-order valence-corrected chi connectivity index (χ4v) is 3.38. The van der Waals surface area contributed by atoms with Crippen molar-refractivity contribution in [1.82, 2.24) is 4.98 Å². The Balaban J connectivity index is 2.23. The highest BCUT2D eigenvalue weighted by atomic mass is 32.1. The topological polar surface area (TPSA) is 50.9 Å². The van der Waals surface area contributed by atoms with Crippen LogP contribution in [0.4, 0.5) is 5.82 Å². The molecule has 1 aromatic rings. The van der Waals surface area contributed by atoms with E-state index in [-0.39, 0.29) is 0 Å². The Morgan fingerprint density at radius 2 is 2.00 bits per heavy atom. The number of thiocarbonyl (C=S) groups is 1. The standard InChI is InChI=1S/C16H25N3S/c1-9-5-6-13(8-10(9)2)19-16-14(15(17)20)11(3)7-12(4)18-16/h7,9-10,13H,5-6,8H2,1-4H3,(H2,17,20)(H,18,19). The van der Waals surface area contributed by atoms with Crippen molar-refractivity contribution in [2.24, 2.45) is 17.6 Å². The minimum absolute atomic E-state index is 0.426. The molecule has 3 nitrogen and oxygen atoms in total. The van der Waals surface area contributed by atoms with E-state index < -0.39 is 0 Å². The maximum absolute atomic E-state index is 5.87. The van der Waals surface area contributed by atoms with Gasteiger partial charge in [-0.1, -0.05) is 26.1 Å². The van der Waals surface area contributed by atoms with Gasteiger partial charge in [-0.3, -0.25) is 0 Å². The lowest BCUT2D eigenvalue weighted by Gasteiger charge is -2.33. The summed E-state index contributed by atoms with van der Waals surface area (Å²) in [6.45, 7) is 8.73. The van der Waals surface area contributed by atoms with Gasteiger partial charge in [0.15, 0.2) is 0 Å². The van der Waals surface area contributed by atoms with Gasteiger partial charge in [0.1, 0.15) is 10.8 Å². The van der Waals surface area contributed by atoms with Crippen molar-refractivity contribution in [3.8, 4) is 0 Å². The number of pyridine rings is 1. The van der Waals surface area contributed by atoms with Gasteiger partial charge in [0.25, 0.3) is 0 Å². The van der Waals surface area contributed by atoms with E-state index in [1.165, 1.54) is 19.3 Å². The average molecular weight is 291 g/mol. The third kappa shape index (κ3) is 3.29. The normalized spacial score (nSPS) is 26.3. The Bertz CT molecular complexity index is 513. The van der Waals surface area contributed by atoms with Crippen LogP contribution in [0, 0.1) is 25.7 Å². The first-order valence-electron chi connectivity index (χ1n) is 7.43. The highest BCUT2D eigenvalue weighted by Crippen LogP contribution is 2.31. The number of nitrogens with one attached hydrogen (secondary N) is 1. The molecule has 3 N–H and O–H groups in total. The maximum Gasteiger partial charge on any atom is 0.136 e. The minimum atomic E-state index is 0.426. The molecule has 20 heavy (non-hydrogen) atoms. The summed E-state index contributed by atoms with van der Waals surface area (Å²) in [5, 5.41) is 3.58. The number of rotatable bonds is 3. The molecule has 0 aliphatic heterocycles. The second kappa shape index (κ2) is 6.08. The van der Waals surface area contributed by atoms with Gasteiger partial charge in [0.05, 0.1) is 5.56 Å². The lowest BCUT2D eigenvalue weighted by molar-refractivity contribution is 0.260. The second-order valence-electron chi connectivity index (χ2n) is 6.28. The fraction of sp³-hybridized carbons (Fsp3) is 0.625. The van der Waals surface area contributed by atoms with Crippen LogP contribution in [0.1, 0.15) is 49.9 Å². The van der Waals surface area contributed by atoms with Crippen LogP contribution in [-0.4, -0.2) is 16.0 Å². The lowest BCUT2D eigenvalue weighted by Crippen LogP contribution is -2.31. The highest BCUT2D eigenvalue weighted by molar-refractivity contribution is 7.80. The molecule has 1 saturated carbocycles. The predicted molar refractivity (Wildman–Crippen MR) is 89.2 cm³/mol. The summed E-state index contributed by atoms with van der Waals surface area (Å²) in [6.07, 6.45) is 3.65. The Labute approximate surface area is 127 Å². The van der Waals surface area contributed by atoms with Gasteiger partial charge in [-0.2, -0.15) is 0 Å². The van der Waals surface area contributed by atoms with Crippen molar-refractivity contribution >= 4 is 23.0 Å². The number of nitrogens with two attached hydrogens (primary N) is 1. The van der Waals surface area contributed by atoms with Crippen molar-refractivity contribution in [2.75, 3.05) is 5.32 Å². The molecule has 1 aromatic heterocycles. The Morgan fingerprint density at radius 3 is 2.60 bits per heavy atom. The molecule has 110 valence electrons. The summed E-state index contributed by atoms with van der Waals surface area (Å²) in [4.78, 5) is 5.04. The van der Waals surface area contributed by atoms with Gasteiger partial charge in [0.2, 0.25) is 0 Å². The van der Waals surface area contributed by atoms with E-state index in [1.54, 1.807) is 0 Å². The molecule has 0 bridgehead atoms. The molecule has 0 amide bonds. The third-order valence-electron chi connectivity index (χ3n) is 4.53. The first-order chi connectivity index (χ1) is 9.38. The molecule has 3 atom stereocenters. The van der Waals surface area contributed by atoms with Crippen molar-refractivity contribution in [3.63, 3.8) is 0 Å². The molecular weight excluding hydrogens is 266 g/mol. The molecule has 2 rings (SSSR count). The zero-order valence-electron chi connectivity index (χ0n) is 12.9. The summed E-state index contributed by atoms with van der Waals surface area (Å²) in [5.41, 5.74) is 8.87. The number of aromatic nitrogens is 1. The number of nitrogens with zero attached hydrogens (tertiary/aromatic N) is 1. The van der Waals surface area contributed by atoms with Crippen molar-refractivity contribution in [2.45, 2.75) is 53.0 Å². The molecule has 1 aliphatic carbocycles. The molecule has 1 aliphatic rings. The molecule has 0 saturated heterocycles. The van der Waals surface area contributed by atoms with Crippen LogP contribution in [0.3, 0.4) is 0 Å². The van der Waals surface area contributed by atoms with Crippen LogP contribution in [-0.2, 0) is 0 Å². The fourth-order valence-electron chi connectivity index (χ4n) is 3.12. The van der Waals surface area contributed by atoms with Crippen LogP contribution in [0.5, 0.6) is 0 Å². The van der Waals surface area contributed by atoms with Gasteiger partial charge in [-0.15, -0.1) is 0 Å². The van der Waals surface area contributed by atoms with Gasteiger partial charge in [0, 0.05) is 11.7 Å². The van der Waals surface area contributed by atoms with E-state index in [2.05, 4.69) is 24.1 Å². The van der Waals surface area contributed by atoms with E-state index in [0.717, 1.165) is 34.5 Å².